The van der Waals surface area contributed by atoms with Gasteiger partial charge in [-0.3, -0.25) is 9.59 Å². The van der Waals surface area contributed by atoms with Crippen LogP contribution in [0.5, 0.6) is 0 Å². The van der Waals surface area contributed by atoms with Crippen LogP contribution in [0.1, 0.15) is 27.7 Å². The van der Waals surface area contributed by atoms with Crippen molar-refractivity contribution < 1.29 is 9.59 Å². The van der Waals surface area contributed by atoms with Gasteiger partial charge in [0.2, 0.25) is 11.8 Å². The number of rotatable bonds is 2. The van der Waals surface area contributed by atoms with Gasteiger partial charge in [-0.2, -0.15) is 0 Å². The van der Waals surface area contributed by atoms with Crippen molar-refractivity contribution in [3.8, 4) is 0 Å². The summed E-state index contributed by atoms with van der Waals surface area (Å²) in [7, 11) is 3.46. The van der Waals surface area contributed by atoms with Crippen molar-refractivity contribution in [2.24, 2.45) is 11.8 Å². The standard InChI is InChI=1S/C12H22N2O2/c1-7(2)9-11(15)14(6)10(8(3)4)12(16)13(9)5/h7-10H,1-6H3/t9-,10+. The van der Waals surface area contributed by atoms with Crippen LogP contribution in [0.4, 0.5) is 0 Å². The summed E-state index contributed by atoms with van der Waals surface area (Å²) in [5, 5.41) is 0. The van der Waals surface area contributed by atoms with Crippen molar-refractivity contribution in [2.45, 2.75) is 39.8 Å². The molecule has 0 bridgehead atoms. The van der Waals surface area contributed by atoms with Crippen LogP contribution in [0.2, 0.25) is 0 Å². The highest BCUT2D eigenvalue weighted by molar-refractivity contribution is 5.97. The van der Waals surface area contributed by atoms with Gasteiger partial charge in [0.1, 0.15) is 12.1 Å². The molecule has 1 fully saturated rings. The predicted octanol–water partition coefficient (Wildman–Crippen LogP) is 0.966. The molecule has 2 atom stereocenters. The molecule has 1 saturated heterocycles. The number of amides is 2. The topological polar surface area (TPSA) is 40.6 Å². The normalized spacial score (nSPS) is 27.2. The molecule has 0 aromatic heterocycles. The lowest BCUT2D eigenvalue weighted by Crippen LogP contribution is -2.65. The third-order valence-electron chi connectivity index (χ3n) is 3.30. The van der Waals surface area contributed by atoms with E-state index in [0.29, 0.717) is 0 Å². The number of hydrogen-bond donors (Lipinski definition) is 0. The van der Waals surface area contributed by atoms with E-state index in [1.54, 1.807) is 23.9 Å². The molecule has 0 unspecified atom stereocenters. The maximum absolute atomic E-state index is 12.2. The monoisotopic (exact) mass is 226 g/mol. The second-order valence-electron chi connectivity index (χ2n) is 5.28. The van der Waals surface area contributed by atoms with Gasteiger partial charge >= 0.3 is 0 Å². The van der Waals surface area contributed by atoms with E-state index in [0.717, 1.165) is 0 Å². The van der Waals surface area contributed by atoms with E-state index < -0.39 is 0 Å². The molecule has 0 aromatic rings. The zero-order valence-corrected chi connectivity index (χ0v) is 11.0. The van der Waals surface area contributed by atoms with Crippen molar-refractivity contribution in [1.82, 2.24) is 9.80 Å². The predicted molar refractivity (Wildman–Crippen MR) is 62.8 cm³/mol. The molecular formula is C12H22N2O2. The summed E-state index contributed by atoms with van der Waals surface area (Å²) in [4.78, 5) is 27.6. The Hall–Kier alpha value is -1.06. The van der Waals surface area contributed by atoms with Gasteiger partial charge in [0.15, 0.2) is 0 Å². The fourth-order valence-electron chi connectivity index (χ4n) is 2.49. The molecule has 1 aliphatic heterocycles. The van der Waals surface area contributed by atoms with Crippen LogP contribution in [0, 0.1) is 11.8 Å². The molecule has 4 nitrogen and oxygen atoms in total. The van der Waals surface area contributed by atoms with Crippen molar-refractivity contribution in [3.63, 3.8) is 0 Å². The largest absolute Gasteiger partial charge is 0.332 e. The average molecular weight is 226 g/mol. The molecule has 0 spiro atoms. The summed E-state index contributed by atoms with van der Waals surface area (Å²) in [6.45, 7) is 7.87. The Morgan fingerprint density at radius 3 is 1.25 bits per heavy atom. The van der Waals surface area contributed by atoms with Gasteiger partial charge in [0, 0.05) is 14.1 Å². The lowest BCUT2D eigenvalue weighted by molar-refractivity contribution is -0.162. The minimum atomic E-state index is -0.313. The summed E-state index contributed by atoms with van der Waals surface area (Å²) in [5.74, 6) is 0.403. The highest BCUT2D eigenvalue weighted by Gasteiger charge is 2.44. The molecule has 1 heterocycles. The average Bonchev–Trinajstić information content (AvgIpc) is 2.14. The third-order valence-corrected chi connectivity index (χ3v) is 3.30. The number of piperazine rings is 1. The molecule has 0 N–H and O–H groups in total. The van der Waals surface area contributed by atoms with Crippen molar-refractivity contribution >= 4 is 11.8 Å². The van der Waals surface area contributed by atoms with Crippen molar-refractivity contribution in [2.75, 3.05) is 14.1 Å². The van der Waals surface area contributed by atoms with E-state index in [-0.39, 0.29) is 35.7 Å². The Balaban J connectivity index is 3.04. The Morgan fingerprint density at radius 2 is 1.06 bits per heavy atom. The Kier molecular flexibility index (Phi) is 3.61. The fourth-order valence-corrected chi connectivity index (χ4v) is 2.49. The first-order chi connectivity index (χ1) is 7.29. The van der Waals surface area contributed by atoms with Crippen molar-refractivity contribution in [3.05, 3.63) is 0 Å². The third kappa shape index (κ3) is 1.93. The van der Waals surface area contributed by atoms with Gasteiger partial charge in [-0.1, -0.05) is 27.7 Å². The maximum atomic E-state index is 12.2. The lowest BCUT2D eigenvalue weighted by Gasteiger charge is -2.44. The van der Waals surface area contributed by atoms with Crippen LogP contribution in [0.25, 0.3) is 0 Å². The Morgan fingerprint density at radius 1 is 0.812 bits per heavy atom. The van der Waals surface area contributed by atoms with E-state index in [9.17, 15) is 9.59 Å². The highest BCUT2D eigenvalue weighted by Crippen LogP contribution is 2.24. The molecule has 16 heavy (non-hydrogen) atoms. The molecule has 1 aliphatic rings. The van der Waals surface area contributed by atoms with E-state index >= 15 is 0 Å². The molecule has 0 aromatic carbocycles. The van der Waals surface area contributed by atoms with Gasteiger partial charge in [-0.15, -0.1) is 0 Å². The number of hydrogen-bond acceptors (Lipinski definition) is 2. The van der Waals surface area contributed by atoms with E-state index in [2.05, 4.69) is 0 Å². The lowest BCUT2D eigenvalue weighted by atomic mass is 9.92. The smallest absolute Gasteiger partial charge is 0.246 e. The second-order valence-corrected chi connectivity index (χ2v) is 5.28. The second kappa shape index (κ2) is 4.44. The van der Waals surface area contributed by atoms with Crippen LogP contribution in [-0.4, -0.2) is 47.8 Å². The Labute approximate surface area is 97.6 Å². The van der Waals surface area contributed by atoms with Gasteiger partial charge in [-0.25, -0.2) is 0 Å². The van der Waals surface area contributed by atoms with Gasteiger partial charge < -0.3 is 9.80 Å². The summed E-state index contributed by atoms with van der Waals surface area (Å²) in [5.41, 5.74) is 0. The van der Waals surface area contributed by atoms with Gasteiger partial charge in [0.05, 0.1) is 0 Å². The molecule has 0 radical (unpaired) electrons. The summed E-state index contributed by atoms with van der Waals surface area (Å²) in [6, 6.07) is -0.625. The zero-order valence-electron chi connectivity index (χ0n) is 11.0. The van der Waals surface area contributed by atoms with Crippen LogP contribution < -0.4 is 0 Å². The first-order valence-electron chi connectivity index (χ1n) is 5.82. The molecule has 1 rings (SSSR count). The number of carbonyl (C=O) groups is 2. The van der Waals surface area contributed by atoms with Crippen LogP contribution in [0.15, 0.2) is 0 Å². The minimum Gasteiger partial charge on any atom is -0.332 e. The van der Waals surface area contributed by atoms with Crippen molar-refractivity contribution in [1.29, 1.82) is 0 Å². The summed E-state index contributed by atoms with van der Waals surface area (Å²) < 4.78 is 0. The van der Waals surface area contributed by atoms with E-state index in [4.69, 9.17) is 0 Å². The Bertz CT molecular complexity index is 269. The number of nitrogens with zero attached hydrogens (tertiary/aromatic N) is 2. The SMILES string of the molecule is CC(C)[C@H]1C(=O)N(C)[C@H](C(C)C)C(=O)N1C. The van der Waals surface area contributed by atoms with Crippen LogP contribution in [0.3, 0.4) is 0 Å². The van der Waals surface area contributed by atoms with Gasteiger partial charge in [0.25, 0.3) is 0 Å². The zero-order chi connectivity index (χ0) is 12.6. The van der Waals surface area contributed by atoms with E-state index in [1.165, 1.54) is 0 Å². The molecule has 2 amide bonds. The molecule has 0 aliphatic carbocycles. The first-order valence-corrected chi connectivity index (χ1v) is 5.82. The highest BCUT2D eigenvalue weighted by atomic mass is 16.2. The molecular weight excluding hydrogens is 204 g/mol. The van der Waals surface area contributed by atoms with E-state index in [1.807, 2.05) is 27.7 Å². The van der Waals surface area contributed by atoms with Gasteiger partial charge in [-0.05, 0) is 11.8 Å². The fraction of sp³-hybridized carbons (Fsp3) is 0.833. The molecule has 0 saturated carbocycles. The first kappa shape index (κ1) is 13.0. The molecule has 92 valence electrons. The number of likely N-dealkylation sites (N-methyl/N-ethyl adjacent to an activating group) is 2. The van der Waals surface area contributed by atoms with Crippen LogP contribution in [-0.2, 0) is 9.59 Å². The van der Waals surface area contributed by atoms with Crippen LogP contribution >= 0.6 is 0 Å². The summed E-state index contributed by atoms with van der Waals surface area (Å²) in [6.07, 6.45) is 0. The molecule has 4 heteroatoms. The quantitative estimate of drug-likeness (QED) is 0.704. The summed E-state index contributed by atoms with van der Waals surface area (Å²) >= 11 is 0. The minimum absolute atomic E-state index is 0.0517. The maximum Gasteiger partial charge on any atom is 0.246 e. The number of carbonyl (C=O) groups excluding carboxylic acids is 2.